The third-order valence-electron chi connectivity index (χ3n) is 5.93. The summed E-state index contributed by atoms with van der Waals surface area (Å²) in [6, 6.07) is 7.08. The molecule has 3 rings (SSSR count). The maximum atomic E-state index is 12.8. The van der Waals surface area contributed by atoms with Gasteiger partial charge in [0.15, 0.2) is 0 Å². The molecule has 2 aliphatic rings. The van der Waals surface area contributed by atoms with Gasteiger partial charge in [-0.2, -0.15) is 0 Å². The number of unbranched alkanes of at least 4 members (excludes halogenated alkanes) is 2. The van der Waals surface area contributed by atoms with Crippen LogP contribution in [0.25, 0.3) is 0 Å². The molecule has 0 spiro atoms. The average molecular weight is 414 g/mol. The number of hydrogen-bond acceptors (Lipinski definition) is 4. The highest BCUT2D eigenvalue weighted by molar-refractivity contribution is 6.01. The van der Waals surface area contributed by atoms with E-state index in [2.05, 4.69) is 12.2 Å². The van der Waals surface area contributed by atoms with E-state index in [0.29, 0.717) is 31.5 Å². The number of nitrogens with one attached hydrogen (secondary N) is 1. The Morgan fingerprint density at radius 2 is 1.63 bits per heavy atom. The van der Waals surface area contributed by atoms with Crippen molar-refractivity contribution in [2.24, 2.45) is 5.92 Å². The van der Waals surface area contributed by atoms with Crippen molar-refractivity contribution in [3.05, 3.63) is 35.4 Å². The molecule has 4 amide bonds. The van der Waals surface area contributed by atoms with Crippen LogP contribution in [0.5, 0.6) is 0 Å². The molecule has 2 saturated heterocycles. The fourth-order valence-corrected chi connectivity index (χ4v) is 3.99. The molecule has 7 heteroatoms. The second kappa shape index (κ2) is 10.4. The molecule has 0 saturated carbocycles. The van der Waals surface area contributed by atoms with Crippen LogP contribution < -0.4 is 5.32 Å². The third kappa shape index (κ3) is 5.46. The second-order valence-electron chi connectivity index (χ2n) is 8.14. The second-order valence-corrected chi connectivity index (χ2v) is 8.14. The largest absolute Gasteiger partial charge is 0.356 e. The van der Waals surface area contributed by atoms with Gasteiger partial charge in [0.2, 0.25) is 17.7 Å². The van der Waals surface area contributed by atoms with Gasteiger partial charge >= 0.3 is 0 Å². The Kier molecular flexibility index (Phi) is 7.60. The summed E-state index contributed by atoms with van der Waals surface area (Å²) < 4.78 is 0. The van der Waals surface area contributed by atoms with Crippen LogP contribution in [-0.4, -0.2) is 53.1 Å². The predicted molar refractivity (Wildman–Crippen MR) is 112 cm³/mol. The Bertz CT molecular complexity index is 766. The molecular weight excluding hydrogens is 382 g/mol. The van der Waals surface area contributed by atoms with E-state index in [4.69, 9.17) is 0 Å². The fraction of sp³-hybridized carbons (Fsp3) is 0.565. The Balaban J connectivity index is 1.47. The van der Waals surface area contributed by atoms with Crippen molar-refractivity contribution in [2.75, 3.05) is 19.6 Å². The molecule has 0 bridgehead atoms. The van der Waals surface area contributed by atoms with Gasteiger partial charge in [0.25, 0.3) is 5.91 Å². The van der Waals surface area contributed by atoms with Crippen LogP contribution in [0.3, 0.4) is 0 Å². The van der Waals surface area contributed by atoms with Gasteiger partial charge in [0.05, 0.1) is 6.54 Å². The van der Waals surface area contributed by atoms with E-state index in [0.717, 1.165) is 31.4 Å². The standard InChI is InChI=1S/C23H31N3O4/c1-2-3-4-13-24-22(29)18-11-14-25(15-12-18)23(30)19-7-5-17(6-8-19)16-26-20(27)9-10-21(26)28/h5-8,18H,2-4,9-16H2,1H3,(H,24,29). The third-order valence-corrected chi connectivity index (χ3v) is 5.93. The maximum absolute atomic E-state index is 12.8. The van der Waals surface area contributed by atoms with Crippen LogP contribution in [0.1, 0.15) is 67.8 Å². The first-order valence-corrected chi connectivity index (χ1v) is 11.0. The number of likely N-dealkylation sites (tertiary alicyclic amines) is 2. The Morgan fingerprint density at radius 3 is 2.23 bits per heavy atom. The average Bonchev–Trinajstić information content (AvgIpc) is 3.09. The van der Waals surface area contributed by atoms with E-state index in [9.17, 15) is 19.2 Å². The number of imide groups is 1. The summed E-state index contributed by atoms with van der Waals surface area (Å²) in [6.45, 7) is 4.27. The van der Waals surface area contributed by atoms with Gasteiger partial charge in [-0.1, -0.05) is 31.9 Å². The topological polar surface area (TPSA) is 86.8 Å². The predicted octanol–water partition coefficient (Wildman–Crippen LogP) is 2.49. The van der Waals surface area contributed by atoms with Crippen LogP contribution >= 0.6 is 0 Å². The highest BCUT2D eigenvalue weighted by Crippen LogP contribution is 2.21. The van der Waals surface area contributed by atoms with Crippen molar-refractivity contribution < 1.29 is 19.2 Å². The zero-order valence-corrected chi connectivity index (χ0v) is 17.7. The molecule has 162 valence electrons. The number of amides is 4. The summed E-state index contributed by atoms with van der Waals surface area (Å²) in [5.74, 6) is -0.242. The molecule has 30 heavy (non-hydrogen) atoms. The van der Waals surface area contributed by atoms with Gasteiger partial charge in [-0.15, -0.1) is 0 Å². The first kappa shape index (κ1) is 22.0. The Labute approximate surface area is 177 Å². The highest BCUT2D eigenvalue weighted by atomic mass is 16.2. The molecule has 0 aliphatic carbocycles. The molecule has 7 nitrogen and oxygen atoms in total. The molecule has 2 fully saturated rings. The summed E-state index contributed by atoms with van der Waals surface area (Å²) in [4.78, 5) is 51.6. The molecule has 0 unspecified atom stereocenters. The lowest BCUT2D eigenvalue weighted by Crippen LogP contribution is -2.43. The first-order valence-electron chi connectivity index (χ1n) is 11.0. The Morgan fingerprint density at radius 1 is 1.00 bits per heavy atom. The number of nitrogens with zero attached hydrogens (tertiary/aromatic N) is 2. The SMILES string of the molecule is CCCCCNC(=O)C1CCN(C(=O)c2ccc(CN3C(=O)CCC3=O)cc2)CC1. The van der Waals surface area contributed by atoms with Crippen LogP contribution in [0.2, 0.25) is 0 Å². The van der Waals surface area contributed by atoms with Crippen molar-refractivity contribution in [1.82, 2.24) is 15.1 Å². The minimum absolute atomic E-state index is 0.0198. The minimum atomic E-state index is -0.141. The summed E-state index contributed by atoms with van der Waals surface area (Å²) in [5, 5.41) is 3.01. The first-order chi connectivity index (χ1) is 14.5. The lowest BCUT2D eigenvalue weighted by Gasteiger charge is -2.31. The smallest absolute Gasteiger partial charge is 0.253 e. The van der Waals surface area contributed by atoms with Crippen molar-refractivity contribution in [3.8, 4) is 0 Å². The molecule has 2 heterocycles. The lowest BCUT2D eigenvalue weighted by molar-refractivity contribution is -0.139. The van der Waals surface area contributed by atoms with Gasteiger partial charge in [-0.3, -0.25) is 24.1 Å². The molecule has 0 atom stereocenters. The van der Waals surface area contributed by atoms with Crippen LogP contribution in [0.4, 0.5) is 0 Å². The van der Waals surface area contributed by atoms with E-state index in [1.54, 1.807) is 29.2 Å². The number of piperidine rings is 1. The number of carbonyl (C=O) groups excluding carboxylic acids is 4. The van der Waals surface area contributed by atoms with Gasteiger partial charge in [-0.25, -0.2) is 0 Å². The van der Waals surface area contributed by atoms with Crippen LogP contribution in [-0.2, 0) is 20.9 Å². The summed E-state index contributed by atoms with van der Waals surface area (Å²) in [5.41, 5.74) is 1.41. The Hall–Kier alpha value is -2.70. The lowest BCUT2D eigenvalue weighted by atomic mass is 9.95. The number of hydrogen-bond donors (Lipinski definition) is 1. The van der Waals surface area contributed by atoms with E-state index >= 15 is 0 Å². The van der Waals surface area contributed by atoms with Gasteiger partial charge in [0, 0.05) is 44.0 Å². The van der Waals surface area contributed by atoms with Crippen molar-refractivity contribution >= 4 is 23.6 Å². The number of rotatable bonds is 8. The molecule has 1 aromatic rings. The van der Waals surface area contributed by atoms with Crippen molar-refractivity contribution in [3.63, 3.8) is 0 Å². The maximum Gasteiger partial charge on any atom is 0.253 e. The minimum Gasteiger partial charge on any atom is -0.356 e. The molecule has 2 aliphatic heterocycles. The zero-order chi connectivity index (χ0) is 21.5. The van der Waals surface area contributed by atoms with E-state index in [-0.39, 0.29) is 48.9 Å². The molecule has 0 aromatic heterocycles. The summed E-state index contributed by atoms with van der Waals surface area (Å²) in [7, 11) is 0. The van der Waals surface area contributed by atoms with Gasteiger partial charge < -0.3 is 10.2 Å². The van der Waals surface area contributed by atoms with Crippen molar-refractivity contribution in [1.29, 1.82) is 0 Å². The molecule has 1 aromatic carbocycles. The monoisotopic (exact) mass is 413 g/mol. The highest BCUT2D eigenvalue weighted by Gasteiger charge is 2.29. The van der Waals surface area contributed by atoms with Gasteiger partial charge in [0.1, 0.15) is 0 Å². The van der Waals surface area contributed by atoms with Crippen LogP contribution in [0, 0.1) is 5.92 Å². The quantitative estimate of drug-likeness (QED) is 0.524. The van der Waals surface area contributed by atoms with Crippen molar-refractivity contribution in [2.45, 2.75) is 58.4 Å². The molecular formula is C23H31N3O4. The normalized spacial score (nSPS) is 17.5. The fourth-order valence-electron chi connectivity index (χ4n) is 3.99. The zero-order valence-electron chi connectivity index (χ0n) is 17.7. The molecule has 0 radical (unpaired) electrons. The van der Waals surface area contributed by atoms with Gasteiger partial charge in [-0.05, 0) is 37.0 Å². The van der Waals surface area contributed by atoms with E-state index < -0.39 is 0 Å². The summed E-state index contributed by atoms with van der Waals surface area (Å²) >= 11 is 0. The number of benzene rings is 1. The summed E-state index contributed by atoms with van der Waals surface area (Å²) in [6.07, 6.45) is 5.19. The van der Waals surface area contributed by atoms with Crippen LogP contribution in [0.15, 0.2) is 24.3 Å². The van der Waals surface area contributed by atoms with E-state index in [1.807, 2.05) is 0 Å². The van der Waals surface area contributed by atoms with E-state index in [1.165, 1.54) is 4.90 Å². The number of carbonyl (C=O) groups is 4. The molecule has 1 N–H and O–H groups in total.